The molecule has 1 fully saturated rings. The first-order chi connectivity index (χ1) is 12.3. The fourth-order valence-electron chi connectivity index (χ4n) is 2.94. The number of halogens is 1. The van der Waals surface area contributed by atoms with Crippen LogP contribution in [0.1, 0.15) is 25.3 Å². The Hall–Kier alpha value is -1.90. The van der Waals surface area contributed by atoms with Crippen LogP contribution in [0.4, 0.5) is 5.69 Å². The number of benzene rings is 1. The molecule has 0 atom stereocenters. The Morgan fingerprint density at radius 3 is 2.31 bits per heavy atom. The van der Waals surface area contributed by atoms with Gasteiger partial charge in [0, 0.05) is 26.2 Å². The van der Waals surface area contributed by atoms with Crippen LogP contribution >= 0.6 is 11.6 Å². The minimum absolute atomic E-state index is 0.0700. The highest BCUT2D eigenvalue weighted by molar-refractivity contribution is 7.89. The lowest BCUT2D eigenvalue weighted by atomic mass is 10.0. The van der Waals surface area contributed by atoms with Crippen molar-refractivity contribution in [1.29, 1.82) is 0 Å². The summed E-state index contributed by atoms with van der Waals surface area (Å²) in [6.07, 6.45) is 1.48. The summed E-state index contributed by atoms with van der Waals surface area (Å²) in [6.45, 7) is 5.64. The van der Waals surface area contributed by atoms with Crippen molar-refractivity contribution in [2.45, 2.75) is 24.7 Å². The average Bonchev–Trinajstić information content (AvgIpc) is 2.64. The van der Waals surface area contributed by atoms with Gasteiger partial charge in [0.05, 0.1) is 16.8 Å². The fraction of sp³-hybridized carbons (Fsp3) is 0.412. The van der Waals surface area contributed by atoms with Crippen LogP contribution in [0, 0.1) is 0 Å². The maximum atomic E-state index is 12.8. The number of anilines is 1. The first-order valence-electron chi connectivity index (χ1n) is 8.39. The number of aromatic nitrogens is 2. The molecule has 1 aliphatic rings. The summed E-state index contributed by atoms with van der Waals surface area (Å²) >= 11 is 6.03. The van der Waals surface area contributed by atoms with Gasteiger partial charge in [-0.1, -0.05) is 37.6 Å². The Kier molecular flexibility index (Phi) is 5.36. The lowest BCUT2D eigenvalue weighted by molar-refractivity contribution is 0.384. The largest absolute Gasteiger partial charge is 0.366 e. The molecule has 0 amide bonds. The molecular formula is C17H21ClN4O3S. The summed E-state index contributed by atoms with van der Waals surface area (Å²) in [5, 5.41) is 6.11. The smallest absolute Gasteiger partial charge is 0.285 e. The van der Waals surface area contributed by atoms with E-state index in [1.165, 1.54) is 10.5 Å². The van der Waals surface area contributed by atoms with Gasteiger partial charge < -0.3 is 4.90 Å². The van der Waals surface area contributed by atoms with Gasteiger partial charge in [-0.3, -0.25) is 4.79 Å². The van der Waals surface area contributed by atoms with Crippen molar-refractivity contribution < 1.29 is 8.42 Å². The van der Waals surface area contributed by atoms with Crippen molar-refractivity contribution in [3.8, 4) is 0 Å². The van der Waals surface area contributed by atoms with Crippen molar-refractivity contribution >= 4 is 27.3 Å². The zero-order valence-electron chi connectivity index (χ0n) is 14.6. The second-order valence-electron chi connectivity index (χ2n) is 6.51. The van der Waals surface area contributed by atoms with Gasteiger partial charge in [-0.2, -0.15) is 9.40 Å². The second kappa shape index (κ2) is 7.38. The van der Waals surface area contributed by atoms with Gasteiger partial charge in [-0.25, -0.2) is 13.5 Å². The summed E-state index contributed by atoms with van der Waals surface area (Å²) in [7, 11) is -3.54. The van der Waals surface area contributed by atoms with Gasteiger partial charge in [0.1, 0.15) is 5.02 Å². The standard InChI is InChI=1S/C17H21ClN4O3S/c1-12(2)13-3-5-14(6-4-13)26(24,25)22-9-7-21(8-10-22)15-11-19-20-17(23)16(15)18/h3-6,11-12H,7-10H2,1-2H3,(H,20,23). The molecule has 1 saturated heterocycles. The molecule has 0 radical (unpaired) electrons. The number of H-pyrrole nitrogens is 1. The van der Waals surface area contributed by atoms with Crippen LogP contribution in [0.2, 0.25) is 5.02 Å². The Balaban J connectivity index is 1.74. The summed E-state index contributed by atoms with van der Waals surface area (Å²) in [6, 6.07) is 7.04. The van der Waals surface area contributed by atoms with Gasteiger partial charge in [0.25, 0.3) is 5.56 Å². The average molecular weight is 397 g/mol. The number of aromatic amines is 1. The molecule has 7 nitrogen and oxygen atoms in total. The van der Waals surface area contributed by atoms with Crippen molar-refractivity contribution in [3.05, 3.63) is 51.4 Å². The maximum absolute atomic E-state index is 12.8. The molecule has 1 aliphatic heterocycles. The number of sulfonamides is 1. The first kappa shape index (κ1) is 18.9. The summed E-state index contributed by atoms with van der Waals surface area (Å²) in [5.74, 6) is 0.350. The van der Waals surface area contributed by atoms with E-state index in [2.05, 4.69) is 24.0 Å². The monoisotopic (exact) mass is 396 g/mol. The molecule has 0 unspecified atom stereocenters. The Morgan fingerprint density at radius 1 is 1.12 bits per heavy atom. The van der Waals surface area contributed by atoms with E-state index in [0.29, 0.717) is 42.7 Å². The predicted molar refractivity (Wildman–Crippen MR) is 101 cm³/mol. The number of piperazine rings is 1. The second-order valence-corrected chi connectivity index (χ2v) is 8.83. The third-order valence-corrected chi connectivity index (χ3v) is 6.82. The van der Waals surface area contributed by atoms with Gasteiger partial charge in [-0.05, 0) is 23.6 Å². The van der Waals surface area contributed by atoms with E-state index in [9.17, 15) is 13.2 Å². The summed E-state index contributed by atoms with van der Waals surface area (Å²) in [5.41, 5.74) is 1.17. The maximum Gasteiger partial charge on any atom is 0.285 e. The van der Waals surface area contributed by atoms with E-state index in [1.54, 1.807) is 12.1 Å². The van der Waals surface area contributed by atoms with Gasteiger partial charge >= 0.3 is 0 Å². The van der Waals surface area contributed by atoms with E-state index in [-0.39, 0.29) is 5.02 Å². The Labute approximate surface area is 157 Å². The molecule has 26 heavy (non-hydrogen) atoms. The molecule has 3 rings (SSSR count). The SMILES string of the molecule is CC(C)c1ccc(S(=O)(=O)N2CCN(c3cn[nH]c(=O)c3Cl)CC2)cc1. The van der Waals surface area contributed by atoms with Crippen LogP contribution in [-0.2, 0) is 10.0 Å². The zero-order valence-corrected chi connectivity index (χ0v) is 16.2. The van der Waals surface area contributed by atoms with Gasteiger partial charge in [0.2, 0.25) is 10.0 Å². The number of hydrogen-bond donors (Lipinski definition) is 1. The van der Waals surface area contributed by atoms with Crippen LogP contribution in [0.5, 0.6) is 0 Å². The van der Waals surface area contributed by atoms with Crippen molar-refractivity contribution in [2.24, 2.45) is 0 Å². The molecule has 0 saturated carbocycles. The topological polar surface area (TPSA) is 86.4 Å². The van der Waals surface area contributed by atoms with E-state index in [0.717, 1.165) is 5.56 Å². The Bertz CT molecular complexity index is 933. The summed E-state index contributed by atoms with van der Waals surface area (Å²) < 4.78 is 27.2. The molecule has 0 bridgehead atoms. The zero-order chi connectivity index (χ0) is 18.9. The van der Waals surface area contributed by atoms with Crippen molar-refractivity contribution in [3.63, 3.8) is 0 Å². The molecule has 9 heteroatoms. The lowest BCUT2D eigenvalue weighted by Crippen LogP contribution is -2.49. The van der Waals surface area contributed by atoms with Gasteiger partial charge in [0.15, 0.2) is 0 Å². The van der Waals surface area contributed by atoms with E-state index < -0.39 is 15.6 Å². The van der Waals surface area contributed by atoms with E-state index in [1.807, 2.05) is 17.0 Å². The van der Waals surface area contributed by atoms with Crippen LogP contribution < -0.4 is 10.5 Å². The van der Waals surface area contributed by atoms with Crippen LogP contribution in [-0.4, -0.2) is 49.1 Å². The highest BCUT2D eigenvalue weighted by atomic mass is 35.5. The third-order valence-electron chi connectivity index (χ3n) is 4.54. The first-order valence-corrected chi connectivity index (χ1v) is 10.2. The highest BCUT2D eigenvalue weighted by Gasteiger charge is 2.29. The summed E-state index contributed by atoms with van der Waals surface area (Å²) in [4.78, 5) is 13.8. The molecular weight excluding hydrogens is 376 g/mol. The molecule has 0 aliphatic carbocycles. The molecule has 140 valence electrons. The van der Waals surface area contributed by atoms with Crippen molar-refractivity contribution in [2.75, 3.05) is 31.1 Å². The molecule has 1 aromatic heterocycles. The number of hydrogen-bond acceptors (Lipinski definition) is 5. The third kappa shape index (κ3) is 3.62. The molecule has 2 heterocycles. The minimum atomic E-state index is -3.54. The molecule has 0 spiro atoms. The normalized spacial score (nSPS) is 16.2. The Morgan fingerprint density at radius 2 is 1.73 bits per heavy atom. The number of nitrogens with zero attached hydrogens (tertiary/aromatic N) is 3. The van der Waals surface area contributed by atoms with Gasteiger partial charge in [-0.15, -0.1) is 0 Å². The number of nitrogens with one attached hydrogen (secondary N) is 1. The fourth-order valence-corrected chi connectivity index (χ4v) is 4.57. The predicted octanol–water partition coefficient (Wildman–Crippen LogP) is 2.06. The van der Waals surface area contributed by atoms with Crippen molar-refractivity contribution in [1.82, 2.24) is 14.5 Å². The highest BCUT2D eigenvalue weighted by Crippen LogP contribution is 2.25. The minimum Gasteiger partial charge on any atom is -0.366 e. The van der Waals surface area contributed by atoms with E-state index in [4.69, 9.17) is 11.6 Å². The lowest BCUT2D eigenvalue weighted by Gasteiger charge is -2.35. The molecule has 1 aromatic carbocycles. The quantitative estimate of drug-likeness (QED) is 0.854. The molecule has 2 aromatic rings. The van der Waals surface area contributed by atoms with E-state index >= 15 is 0 Å². The van der Waals surface area contributed by atoms with Crippen LogP contribution in [0.15, 0.2) is 40.2 Å². The van der Waals surface area contributed by atoms with Crippen LogP contribution in [0.25, 0.3) is 0 Å². The van der Waals surface area contributed by atoms with Crippen LogP contribution in [0.3, 0.4) is 0 Å². The molecule has 1 N–H and O–H groups in total. The number of rotatable bonds is 4.